The lowest BCUT2D eigenvalue weighted by Crippen LogP contribution is -2.04. The van der Waals surface area contributed by atoms with Gasteiger partial charge in [0.2, 0.25) is 5.95 Å². The zero-order chi connectivity index (χ0) is 11.7. The fraction of sp³-hybridized carbons (Fsp3) is 0.100. The number of aromatic amines is 1. The average Bonchev–Trinajstić information content (AvgIpc) is 2.95. The minimum atomic E-state index is 0.198. The Balaban J connectivity index is 1.91. The summed E-state index contributed by atoms with van der Waals surface area (Å²) in [5.41, 5.74) is 6.21. The summed E-state index contributed by atoms with van der Waals surface area (Å²) in [7, 11) is 0. The summed E-state index contributed by atoms with van der Waals surface area (Å²) >= 11 is 0. The third kappa shape index (κ3) is 1.78. The Kier molecular flexibility index (Phi) is 2.14. The van der Waals surface area contributed by atoms with Crippen molar-refractivity contribution in [3.8, 4) is 0 Å². The van der Waals surface area contributed by atoms with E-state index in [2.05, 4.69) is 25.5 Å². The normalized spacial score (nSPS) is 10.8. The summed E-state index contributed by atoms with van der Waals surface area (Å²) in [4.78, 5) is 8.15. The molecule has 3 rings (SSSR count). The fourth-order valence-corrected chi connectivity index (χ4v) is 1.57. The van der Waals surface area contributed by atoms with Gasteiger partial charge in [0.1, 0.15) is 11.6 Å². The second kappa shape index (κ2) is 3.78. The Bertz CT molecular complexity index is 629. The number of hydrogen-bond acceptors (Lipinski definition) is 6. The van der Waals surface area contributed by atoms with E-state index in [1.807, 2.05) is 12.1 Å². The number of fused-ring (bicyclic) bond motifs is 1. The molecule has 86 valence electrons. The van der Waals surface area contributed by atoms with E-state index in [1.54, 1.807) is 12.5 Å². The molecule has 0 saturated heterocycles. The van der Waals surface area contributed by atoms with Gasteiger partial charge < -0.3 is 15.5 Å². The van der Waals surface area contributed by atoms with E-state index in [1.165, 1.54) is 0 Å². The molecule has 0 aromatic carbocycles. The van der Waals surface area contributed by atoms with E-state index in [-0.39, 0.29) is 5.95 Å². The van der Waals surface area contributed by atoms with Crippen LogP contribution in [0.15, 0.2) is 29.0 Å². The van der Waals surface area contributed by atoms with Crippen LogP contribution in [0.4, 0.5) is 11.8 Å². The van der Waals surface area contributed by atoms with E-state index in [0.717, 1.165) is 11.1 Å². The third-order valence-corrected chi connectivity index (χ3v) is 2.34. The molecule has 3 aromatic rings. The zero-order valence-electron chi connectivity index (χ0n) is 8.84. The number of rotatable bonds is 3. The molecule has 0 aliphatic heterocycles. The van der Waals surface area contributed by atoms with Crippen molar-refractivity contribution in [3.05, 3.63) is 30.4 Å². The van der Waals surface area contributed by atoms with Crippen LogP contribution in [0.25, 0.3) is 11.0 Å². The highest BCUT2D eigenvalue weighted by molar-refractivity contribution is 5.86. The smallest absolute Gasteiger partial charge is 0.224 e. The Morgan fingerprint density at radius 2 is 2.35 bits per heavy atom. The maximum absolute atomic E-state index is 5.60. The van der Waals surface area contributed by atoms with Gasteiger partial charge in [-0.1, -0.05) is 0 Å². The van der Waals surface area contributed by atoms with Crippen molar-refractivity contribution >= 4 is 22.8 Å². The van der Waals surface area contributed by atoms with Gasteiger partial charge in [-0.15, -0.1) is 0 Å². The first kappa shape index (κ1) is 9.64. The molecule has 0 fully saturated rings. The Labute approximate surface area is 96.1 Å². The predicted octanol–water partition coefficient (Wildman–Crippen LogP) is 1.14. The minimum absolute atomic E-state index is 0.198. The van der Waals surface area contributed by atoms with Gasteiger partial charge in [-0.2, -0.15) is 15.1 Å². The maximum Gasteiger partial charge on any atom is 0.224 e. The number of nitrogens with one attached hydrogen (secondary N) is 2. The number of furan rings is 1. The molecule has 3 aromatic heterocycles. The van der Waals surface area contributed by atoms with Crippen LogP contribution < -0.4 is 11.1 Å². The van der Waals surface area contributed by atoms with Gasteiger partial charge in [0.25, 0.3) is 0 Å². The van der Waals surface area contributed by atoms with Gasteiger partial charge in [-0.3, -0.25) is 5.10 Å². The molecule has 0 aliphatic carbocycles. The van der Waals surface area contributed by atoms with Crippen molar-refractivity contribution in [2.45, 2.75) is 6.54 Å². The van der Waals surface area contributed by atoms with E-state index in [4.69, 9.17) is 10.2 Å². The lowest BCUT2D eigenvalue weighted by atomic mass is 10.3. The minimum Gasteiger partial charge on any atom is -0.467 e. The first-order valence-electron chi connectivity index (χ1n) is 5.06. The van der Waals surface area contributed by atoms with Gasteiger partial charge in [0.05, 0.1) is 24.4 Å². The van der Waals surface area contributed by atoms with Crippen molar-refractivity contribution in [1.29, 1.82) is 0 Å². The molecule has 0 amide bonds. The second-order valence-electron chi connectivity index (χ2n) is 3.50. The zero-order valence-corrected chi connectivity index (χ0v) is 8.84. The quantitative estimate of drug-likeness (QED) is 0.623. The molecular weight excluding hydrogens is 220 g/mol. The molecule has 0 spiro atoms. The Hall–Kier alpha value is -2.57. The molecule has 4 N–H and O–H groups in total. The largest absolute Gasteiger partial charge is 0.467 e. The van der Waals surface area contributed by atoms with E-state index in [0.29, 0.717) is 18.0 Å². The lowest BCUT2D eigenvalue weighted by Gasteiger charge is -2.04. The van der Waals surface area contributed by atoms with Gasteiger partial charge >= 0.3 is 0 Å². The summed E-state index contributed by atoms with van der Waals surface area (Å²) in [6.07, 6.45) is 3.28. The van der Waals surface area contributed by atoms with E-state index >= 15 is 0 Å². The van der Waals surface area contributed by atoms with Crippen LogP contribution in [0.1, 0.15) is 5.76 Å². The summed E-state index contributed by atoms with van der Waals surface area (Å²) in [5.74, 6) is 1.65. The van der Waals surface area contributed by atoms with Gasteiger partial charge in [0, 0.05) is 0 Å². The highest BCUT2D eigenvalue weighted by Crippen LogP contribution is 2.19. The summed E-state index contributed by atoms with van der Waals surface area (Å²) in [5, 5.41) is 10.6. The highest BCUT2D eigenvalue weighted by atomic mass is 16.3. The fourth-order valence-electron chi connectivity index (χ4n) is 1.57. The molecule has 0 bridgehead atoms. The van der Waals surface area contributed by atoms with Crippen LogP contribution in [0, 0.1) is 0 Å². The van der Waals surface area contributed by atoms with Gasteiger partial charge in [0.15, 0.2) is 5.65 Å². The summed E-state index contributed by atoms with van der Waals surface area (Å²) in [6.45, 7) is 0.531. The van der Waals surface area contributed by atoms with Gasteiger partial charge in [-0.25, -0.2) is 0 Å². The van der Waals surface area contributed by atoms with E-state index in [9.17, 15) is 0 Å². The first-order valence-corrected chi connectivity index (χ1v) is 5.06. The van der Waals surface area contributed by atoms with Crippen molar-refractivity contribution in [2.24, 2.45) is 0 Å². The van der Waals surface area contributed by atoms with Crippen LogP contribution in [0.2, 0.25) is 0 Å². The molecule has 0 unspecified atom stereocenters. The Morgan fingerprint density at radius 1 is 1.41 bits per heavy atom. The summed E-state index contributed by atoms with van der Waals surface area (Å²) < 4.78 is 5.22. The van der Waals surface area contributed by atoms with Crippen molar-refractivity contribution < 1.29 is 4.42 Å². The molecule has 0 radical (unpaired) electrons. The molecular formula is C10H10N6O. The first-order chi connectivity index (χ1) is 8.33. The van der Waals surface area contributed by atoms with Crippen LogP contribution in [-0.4, -0.2) is 20.2 Å². The highest BCUT2D eigenvalue weighted by Gasteiger charge is 2.07. The number of hydrogen-bond donors (Lipinski definition) is 3. The van der Waals surface area contributed by atoms with Crippen LogP contribution in [0.3, 0.4) is 0 Å². The number of nitrogens with zero attached hydrogens (tertiary/aromatic N) is 3. The van der Waals surface area contributed by atoms with Gasteiger partial charge in [-0.05, 0) is 12.1 Å². The van der Waals surface area contributed by atoms with E-state index < -0.39 is 0 Å². The lowest BCUT2D eigenvalue weighted by molar-refractivity contribution is 0.518. The van der Waals surface area contributed by atoms with Crippen molar-refractivity contribution in [3.63, 3.8) is 0 Å². The number of nitrogens with two attached hydrogens (primary N) is 1. The van der Waals surface area contributed by atoms with Crippen molar-refractivity contribution in [2.75, 3.05) is 11.1 Å². The van der Waals surface area contributed by atoms with Crippen LogP contribution >= 0.6 is 0 Å². The molecule has 0 aliphatic rings. The van der Waals surface area contributed by atoms with Crippen molar-refractivity contribution in [1.82, 2.24) is 20.2 Å². The number of aromatic nitrogens is 4. The molecule has 17 heavy (non-hydrogen) atoms. The second-order valence-corrected chi connectivity index (χ2v) is 3.50. The average molecular weight is 230 g/mol. The standard InChI is InChI=1S/C10H10N6O/c11-10-14-8(7-5-13-16-9(7)15-10)12-4-6-2-1-3-17-6/h1-3,5H,4H2,(H4,11,12,13,14,15,16). The number of nitrogen functional groups attached to an aromatic ring is 1. The maximum atomic E-state index is 5.60. The number of anilines is 2. The molecule has 7 nitrogen and oxygen atoms in total. The Morgan fingerprint density at radius 3 is 3.18 bits per heavy atom. The SMILES string of the molecule is Nc1nc(NCc2ccco2)c2cn[nH]c2n1. The molecule has 3 heterocycles. The monoisotopic (exact) mass is 230 g/mol. The van der Waals surface area contributed by atoms with Crippen LogP contribution in [-0.2, 0) is 6.54 Å². The number of H-pyrrole nitrogens is 1. The third-order valence-electron chi connectivity index (χ3n) is 2.34. The summed E-state index contributed by atoms with van der Waals surface area (Å²) in [6, 6.07) is 3.71. The predicted molar refractivity (Wildman–Crippen MR) is 62.1 cm³/mol. The molecule has 7 heteroatoms. The molecule has 0 atom stereocenters. The van der Waals surface area contributed by atoms with Crippen LogP contribution in [0.5, 0.6) is 0 Å². The molecule has 0 saturated carbocycles. The topological polar surface area (TPSA) is 106 Å².